The highest BCUT2D eigenvalue weighted by Crippen LogP contribution is 2.51. The van der Waals surface area contributed by atoms with Crippen LogP contribution in [0.3, 0.4) is 0 Å². The Bertz CT molecular complexity index is 2700. The quantitative estimate of drug-likeness (QED) is 0.202. The van der Waals surface area contributed by atoms with Crippen LogP contribution >= 0.6 is 0 Å². The van der Waals surface area contributed by atoms with Crippen LogP contribution in [0.2, 0.25) is 0 Å². The van der Waals surface area contributed by atoms with Gasteiger partial charge >= 0.3 is 0 Å². The Morgan fingerprint density at radius 1 is 0.489 bits per heavy atom. The smallest absolute Gasteiger partial charge is 0.161 e. The predicted octanol–water partition coefficient (Wildman–Crippen LogP) is 10.6. The topological polar surface area (TPSA) is 35.6 Å². The van der Waals surface area contributed by atoms with E-state index in [0.717, 1.165) is 45.2 Å². The molecule has 0 amide bonds. The number of nitrogens with zero attached hydrogens (tertiary/aromatic N) is 4. The molecule has 0 saturated carbocycles. The van der Waals surface area contributed by atoms with Crippen LogP contribution in [-0.2, 0) is 5.41 Å². The van der Waals surface area contributed by atoms with Gasteiger partial charge in [0.25, 0.3) is 0 Å². The summed E-state index contributed by atoms with van der Waals surface area (Å²) in [5.74, 6) is 1.66. The van der Waals surface area contributed by atoms with E-state index in [1.807, 2.05) is 6.07 Å². The van der Waals surface area contributed by atoms with Gasteiger partial charge in [-0.1, -0.05) is 123 Å². The van der Waals surface area contributed by atoms with Crippen molar-refractivity contribution in [2.75, 3.05) is 0 Å². The molecule has 3 heterocycles. The fraction of sp³-hybridized carbons (Fsp3) is 0.0698. The maximum absolute atomic E-state index is 5.47. The van der Waals surface area contributed by atoms with Gasteiger partial charge in [0.1, 0.15) is 5.82 Å². The number of rotatable bonds is 3. The average molecular weight is 603 g/mol. The molecular formula is C43H30N4. The molecule has 0 radical (unpaired) electrons. The largest absolute Gasteiger partial charge is 0.309 e. The fourth-order valence-corrected chi connectivity index (χ4v) is 7.92. The van der Waals surface area contributed by atoms with Gasteiger partial charge in [-0.3, -0.25) is 4.57 Å². The molecule has 222 valence electrons. The molecule has 0 spiro atoms. The molecule has 9 aromatic rings. The molecule has 4 nitrogen and oxygen atoms in total. The third kappa shape index (κ3) is 3.58. The minimum Gasteiger partial charge on any atom is -0.309 e. The Morgan fingerprint density at radius 3 is 1.79 bits per heavy atom. The van der Waals surface area contributed by atoms with E-state index >= 15 is 0 Å². The molecule has 0 fully saturated rings. The third-order valence-electron chi connectivity index (χ3n) is 10.1. The number of hydrogen-bond acceptors (Lipinski definition) is 2. The highest BCUT2D eigenvalue weighted by molar-refractivity contribution is 6.19. The van der Waals surface area contributed by atoms with Gasteiger partial charge in [-0.25, -0.2) is 9.97 Å². The maximum atomic E-state index is 5.47. The molecule has 3 aromatic heterocycles. The van der Waals surface area contributed by atoms with E-state index in [9.17, 15) is 0 Å². The van der Waals surface area contributed by atoms with E-state index in [1.165, 1.54) is 43.7 Å². The molecule has 1 aliphatic rings. The summed E-state index contributed by atoms with van der Waals surface area (Å²) >= 11 is 0. The predicted molar refractivity (Wildman–Crippen MR) is 194 cm³/mol. The molecule has 1 aliphatic carbocycles. The lowest BCUT2D eigenvalue weighted by atomic mass is 9.85. The number of aromatic nitrogens is 4. The monoisotopic (exact) mass is 602 g/mol. The Kier molecular flexibility index (Phi) is 5.31. The summed E-state index contributed by atoms with van der Waals surface area (Å²) in [7, 11) is 0. The van der Waals surface area contributed by atoms with Crippen molar-refractivity contribution in [3.63, 3.8) is 0 Å². The lowest BCUT2D eigenvalue weighted by Gasteiger charge is -2.21. The van der Waals surface area contributed by atoms with E-state index in [2.05, 4.69) is 163 Å². The normalized spacial score (nSPS) is 13.5. The molecular weight excluding hydrogens is 573 g/mol. The minimum atomic E-state index is -0.279. The summed E-state index contributed by atoms with van der Waals surface area (Å²) in [5.41, 5.74) is 11.2. The summed E-state index contributed by atoms with van der Waals surface area (Å²) in [6, 6.07) is 52.0. The molecule has 0 saturated heterocycles. The van der Waals surface area contributed by atoms with Crippen LogP contribution in [0.1, 0.15) is 25.1 Å². The number of hydrogen-bond donors (Lipinski definition) is 0. The lowest BCUT2D eigenvalue weighted by Crippen LogP contribution is -2.18. The summed E-state index contributed by atoms with van der Waals surface area (Å²) in [4.78, 5) is 10.8. The van der Waals surface area contributed by atoms with Crippen molar-refractivity contribution in [3.8, 4) is 34.0 Å². The van der Waals surface area contributed by atoms with Crippen LogP contribution in [0.25, 0.3) is 77.6 Å². The highest BCUT2D eigenvalue weighted by Gasteiger charge is 2.40. The van der Waals surface area contributed by atoms with Gasteiger partial charge in [0, 0.05) is 43.8 Å². The second-order valence-electron chi connectivity index (χ2n) is 13.1. The molecule has 0 atom stereocenters. The van der Waals surface area contributed by atoms with E-state index in [1.54, 1.807) is 0 Å². The zero-order chi connectivity index (χ0) is 31.3. The molecule has 0 aliphatic heterocycles. The summed E-state index contributed by atoms with van der Waals surface area (Å²) in [5, 5.41) is 4.91. The minimum absolute atomic E-state index is 0.279. The van der Waals surface area contributed by atoms with E-state index in [-0.39, 0.29) is 5.41 Å². The summed E-state index contributed by atoms with van der Waals surface area (Å²) in [6.45, 7) is 4.58. The third-order valence-corrected chi connectivity index (χ3v) is 10.1. The number of para-hydroxylation sites is 3. The Balaban J connectivity index is 1.39. The van der Waals surface area contributed by atoms with E-state index in [0.29, 0.717) is 0 Å². The zero-order valence-electron chi connectivity index (χ0n) is 26.1. The van der Waals surface area contributed by atoms with Crippen molar-refractivity contribution in [3.05, 3.63) is 157 Å². The van der Waals surface area contributed by atoms with Gasteiger partial charge in [-0.2, -0.15) is 0 Å². The van der Waals surface area contributed by atoms with Crippen molar-refractivity contribution in [2.24, 2.45) is 0 Å². The Labute approximate surface area is 272 Å². The zero-order valence-corrected chi connectivity index (χ0v) is 26.1. The van der Waals surface area contributed by atoms with Gasteiger partial charge in [0.2, 0.25) is 0 Å². The number of benzene rings is 6. The first-order chi connectivity index (χ1) is 23.1. The molecule has 47 heavy (non-hydrogen) atoms. The van der Waals surface area contributed by atoms with E-state index in [4.69, 9.17) is 9.97 Å². The van der Waals surface area contributed by atoms with Gasteiger partial charge in [-0.05, 0) is 47.5 Å². The van der Waals surface area contributed by atoms with Crippen molar-refractivity contribution < 1.29 is 0 Å². The van der Waals surface area contributed by atoms with Gasteiger partial charge in [0.05, 0.1) is 27.8 Å². The molecule has 6 aromatic carbocycles. The molecule has 0 bridgehead atoms. The second kappa shape index (κ2) is 9.51. The Hall–Kier alpha value is -6.00. The highest BCUT2D eigenvalue weighted by atomic mass is 15.1. The standard InChI is InChI=1S/C43H30N4/c1-43(2)34-22-12-9-21-31(34)39-40(43)44-41(27-15-5-3-6-16-27)45-42(39)47-36-24-14-11-20-30(36)33-25-32-29-19-10-13-23-35(29)46(37(32)26-38(33)47)28-17-7-4-8-18-28/h3-26H,1-2H3. The molecule has 10 rings (SSSR count). The van der Waals surface area contributed by atoms with Crippen LogP contribution in [0.4, 0.5) is 0 Å². The van der Waals surface area contributed by atoms with Crippen molar-refractivity contribution in [2.45, 2.75) is 19.3 Å². The van der Waals surface area contributed by atoms with Gasteiger partial charge in [-0.15, -0.1) is 0 Å². The van der Waals surface area contributed by atoms with Crippen LogP contribution in [0.5, 0.6) is 0 Å². The average Bonchev–Trinajstić information content (AvgIpc) is 3.71. The maximum Gasteiger partial charge on any atom is 0.161 e. The molecule has 0 N–H and O–H groups in total. The van der Waals surface area contributed by atoms with E-state index < -0.39 is 0 Å². The SMILES string of the molecule is CC1(C)c2ccccc2-c2c(-n3c4ccccc4c4cc5c6ccccc6n(-c6ccccc6)c5cc43)nc(-c3ccccc3)nc21. The van der Waals surface area contributed by atoms with Crippen LogP contribution < -0.4 is 0 Å². The number of fused-ring (bicyclic) bond motifs is 9. The van der Waals surface area contributed by atoms with Crippen LogP contribution in [-0.4, -0.2) is 19.1 Å². The molecule has 4 heteroatoms. The van der Waals surface area contributed by atoms with Crippen molar-refractivity contribution >= 4 is 43.6 Å². The first-order valence-electron chi connectivity index (χ1n) is 16.2. The first kappa shape index (κ1) is 26.2. The van der Waals surface area contributed by atoms with Crippen molar-refractivity contribution in [1.29, 1.82) is 0 Å². The fourth-order valence-electron chi connectivity index (χ4n) is 7.92. The van der Waals surface area contributed by atoms with Crippen LogP contribution in [0.15, 0.2) is 146 Å². The second-order valence-corrected chi connectivity index (χ2v) is 13.1. The van der Waals surface area contributed by atoms with Crippen LogP contribution in [0, 0.1) is 0 Å². The van der Waals surface area contributed by atoms with Crippen molar-refractivity contribution in [1.82, 2.24) is 19.1 Å². The lowest BCUT2D eigenvalue weighted by molar-refractivity contribution is 0.635. The van der Waals surface area contributed by atoms with Gasteiger partial charge < -0.3 is 4.57 Å². The van der Waals surface area contributed by atoms with Gasteiger partial charge in [0.15, 0.2) is 5.82 Å². The first-order valence-corrected chi connectivity index (χ1v) is 16.2. The Morgan fingerprint density at radius 2 is 1.06 bits per heavy atom. The summed E-state index contributed by atoms with van der Waals surface area (Å²) in [6.07, 6.45) is 0. The molecule has 0 unspecified atom stereocenters. The summed E-state index contributed by atoms with van der Waals surface area (Å²) < 4.78 is 4.78.